The van der Waals surface area contributed by atoms with Gasteiger partial charge in [-0.25, -0.2) is 10.5 Å². The zero-order chi connectivity index (χ0) is 10.5. The molecule has 0 aliphatic carbocycles. The molecule has 0 unspecified atom stereocenters. The average molecular weight is 210 g/mol. The van der Waals surface area contributed by atoms with Gasteiger partial charge in [-0.2, -0.15) is 0 Å². The lowest BCUT2D eigenvalue weighted by Gasteiger charge is -2.15. The van der Waals surface area contributed by atoms with Crippen LogP contribution in [0.5, 0.6) is 0 Å². The van der Waals surface area contributed by atoms with Gasteiger partial charge in [0.2, 0.25) is 0 Å². The molecule has 0 bridgehead atoms. The van der Waals surface area contributed by atoms with Crippen LogP contribution in [-0.2, 0) is 0 Å². The van der Waals surface area contributed by atoms with Gasteiger partial charge in [0.1, 0.15) is 0 Å². The quantitative estimate of drug-likeness (QED) is 0.670. The molecule has 0 atom stereocenters. The van der Waals surface area contributed by atoms with E-state index < -0.39 is 16.1 Å². The Labute approximate surface area is 83.2 Å². The molecule has 2 nitrogen and oxygen atoms in total. The summed E-state index contributed by atoms with van der Waals surface area (Å²) in [5.41, 5.74) is 4.83. The van der Waals surface area contributed by atoms with Gasteiger partial charge in [0.15, 0.2) is 16.1 Å². The lowest BCUT2D eigenvalue weighted by Crippen LogP contribution is -2.26. The van der Waals surface area contributed by atoms with Crippen molar-refractivity contribution in [1.82, 2.24) is 0 Å². The van der Waals surface area contributed by atoms with E-state index in [-0.39, 0.29) is 0 Å². The zero-order valence-corrected chi connectivity index (χ0v) is 11.0. The van der Waals surface area contributed by atoms with Crippen molar-refractivity contribution in [2.24, 2.45) is 0 Å². The Balaban J connectivity index is 3.85. The van der Waals surface area contributed by atoms with Crippen LogP contribution in [-0.4, -0.2) is 16.1 Å². The van der Waals surface area contributed by atoms with Crippen LogP contribution < -0.4 is 0 Å². The van der Waals surface area contributed by atoms with Crippen molar-refractivity contribution in [2.75, 3.05) is 0 Å². The van der Waals surface area contributed by atoms with Crippen molar-refractivity contribution in [1.29, 1.82) is 10.5 Å². The monoisotopic (exact) mass is 210 g/mol. The molecule has 0 saturated carbocycles. The van der Waals surface area contributed by atoms with E-state index in [4.69, 9.17) is 10.5 Å². The van der Waals surface area contributed by atoms with Gasteiger partial charge in [-0.05, 0) is 12.1 Å². The summed E-state index contributed by atoms with van der Waals surface area (Å²) in [7, 11) is -3.14. The second kappa shape index (κ2) is 4.59. The molecule has 0 aromatic heterocycles. The summed E-state index contributed by atoms with van der Waals surface area (Å²) in [6.45, 7) is 8.36. The van der Waals surface area contributed by atoms with Gasteiger partial charge in [0.25, 0.3) is 0 Å². The first-order valence-corrected chi connectivity index (χ1v) is 11.1. The first kappa shape index (κ1) is 12.4. The summed E-state index contributed by atoms with van der Waals surface area (Å²) >= 11 is 0. The number of hydrogen-bond donors (Lipinski definition) is 0. The number of rotatable bonds is 4. The Morgan fingerprint density at radius 2 is 1.15 bits per heavy atom. The van der Waals surface area contributed by atoms with E-state index in [0.717, 1.165) is 18.5 Å². The van der Waals surface area contributed by atoms with Crippen LogP contribution in [0, 0.1) is 21.9 Å². The summed E-state index contributed by atoms with van der Waals surface area (Å²) in [5.74, 6) is 0. The average Bonchev–Trinajstić information content (AvgIpc) is 2.04. The van der Waals surface area contributed by atoms with Gasteiger partial charge < -0.3 is 0 Å². The molecule has 4 heteroatoms. The third-order valence-corrected chi connectivity index (χ3v) is 6.63. The Morgan fingerprint density at radius 3 is 1.38 bits per heavy atom. The van der Waals surface area contributed by atoms with Gasteiger partial charge in [-0.3, -0.25) is 0 Å². The van der Waals surface area contributed by atoms with Gasteiger partial charge in [0.05, 0.1) is 0 Å². The third-order valence-electron chi connectivity index (χ3n) is 2.21. The van der Waals surface area contributed by atoms with Crippen molar-refractivity contribution < 1.29 is 0 Å². The number of nitriles is 2. The van der Waals surface area contributed by atoms with E-state index in [1.807, 2.05) is 0 Å². The summed E-state index contributed by atoms with van der Waals surface area (Å²) in [6.07, 6.45) is 1.07. The van der Waals surface area contributed by atoms with Crippen molar-refractivity contribution in [3.63, 3.8) is 0 Å². The largest absolute Gasteiger partial charge is 0.207 e. The standard InChI is InChI=1S/C9H18N2Si2/c1-12(2,8-10)6-5-7-13(3,4)9-11/h5-7H2,1-4H3. The summed E-state index contributed by atoms with van der Waals surface area (Å²) in [6, 6.07) is 2.09. The molecule has 0 saturated heterocycles. The summed E-state index contributed by atoms with van der Waals surface area (Å²) < 4.78 is 0. The molecular formula is C9H18N2Si2. The fraction of sp³-hybridized carbons (Fsp3) is 0.778. The normalized spacial score (nSPS) is 11.8. The predicted molar refractivity (Wildman–Crippen MR) is 60.4 cm³/mol. The van der Waals surface area contributed by atoms with Crippen molar-refractivity contribution in [3.05, 3.63) is 0 Å². The minimum Gasteiger partial charge on any atom is -0.207 e. The molecule has 0 rings (SSSR count). The van der Waals surface area contributed by atoms with Crippen LogP contribution in [0.4, 0.5) is 0 Å². The Bertz CT molecular complexity index is 219. The van der Waals surface area contributed by atoms with E-state index in [0.29, 0.717) is 0 Å². The Hall–Kier alpha value is -0.586. The highest BCUT2D eigenvalue weighted by atomic mass is 28.3. The van der Waals surface area contributed by atoms with Crippen molar-refractivity contribution >= 4 is 16.1 Å². The maximum absolute atomic E-state index is 8.84. The summed E-state index contributed by atoms with van der Waals surface area (Å²) in [4.78, 5) is 0. The highest BCUT2D eigenvalue weighted by Crippen LogP contribution is 2.18. The fourth-order valence-electron chi connectivity index (χ4n) is 1.08. The second-order valence-corrected chi connectivity index (χ2v) is 13.8. The highest BCUT2D eigenvalue weighted by molar-refractivity contribution is 6.86. The first-order chi connectivity index (χ1) is 5.83. The van der Waals surface area contributed by atoms with Gasteiger partial charge in [0, 0.05) is 11.4 Å². The minimum absolute atomic E-state index is 1.04. The van der Waals surface area contributed by atoms with E-state index >= 15 is 0 Å². The van der Waals surface area contributed by atoms with Crippen molar-refractivity contribution in [3.8, 4) is 11.4 Å². The molecule has 13 heavy (non-hydrogen) atoms. The predicted octanol–water partition coefficient (Wildman–Crippen LogP) is 2.92. The molecule has 0 N–H and O–H groups in total. The molecule has 0 fully saturated rings. The molecule has 72 valence electrons. The third kappa shape index (κ3) is 5.62. The number of hydrogen-bond acceptors (Lipinski definition) is 2. The van der Waals surface area contributed by atoms with E-state index in [1.165, 1.54) is 0 Å². The lowest BCUT2D eigenvalue weighted by atomic mass is 10.6. The lowest BCUT2D eigenvalue weighted by molar-refractivity contribution is 1.02. The topological polar surface area (TPSA) is 47.6 Å². The molecule has 0 spiro atoms. The fourth-order valence-corrected chi connectivity index (χ4v) is 3.78. The molecule has 0 amide bonds. The van der Waals surface area contributed by atoms with Crippen LogP contribution in [0.25, 0.3) is 0 Å². The molecule has 0 heterocycles. The van der Waals surface area contributed by atoms with Crippen LogP contribution in [0.3, 0.4) is 0 Å². The van der Waals surface area contributed by atoms with Crippen LogP contribution in [0.15, 0.2) is 0 Å². The molecule has 0 aliphatic heterocycles. The van der Waals surface area contributed by atoms with Gasteiger partial charge >= 0.3 is 0 Å². The van der Waals surface area contributed by atoms with E-state index in [9.17, 15) is 0 Å². The minimum atomic E-state index is -1.57. The molecule has 0 aromatic rings. The molecule has 0 aliphatic rings. The highest BCUT2D eigenvalue weighted by Gasteiger charge is 2.24. The van der Waals surface area contributed by atoms with Gasteiger partial charge in [-0.15, -0.1) is 0 Å². The zero-order valence-electron chi connectivity index (χ0n) is 9.02. The molecule has 0 radical (unpaired) electrons. The second-order valence-electron chi connectivity index (χ2n) is 4.84. The van der Waals surface area contributed by atoms with Crippen LogP contribution in [0.2, 0.25) is 38.3 Å². The smallest absolute Gasteiger partial charge is 0.167 e. The SMILES string of the molecule is C[Si](C)(C#N)CCC[Si](C)(C)C#N. The van der Waals surface area contributed by atoms with Crippen LogP contribution >= 0.6 is 0 Å². The van der Waals surface area contributed by atoms with E-state index in [1.54, 1.807) is 0 Å². The number of nitrogens with zero attached hydrogens (tertiary/aromatic N) is 2. The maximum Gasteiger partial charge on any atom is 0.167 e. The molecular weight excluding hydrogens is 192 g/mol. The van der Waals surface area contributed by atoms with Crippen molar-refractivity contribution in [2.45, 2.75) is 44.7 Å². The first-order valence-electron chi connectivity index (χ1n) is 4.65. The molecule has 0 aromatic carbocycles. The van der Waals surface area contributed by atoms with Gasteiger partial charge in [-0.1, -0.05) is 32.6 Å². The van der Waals surface area contributed by atoms with E-state index in [2.05, 4.69) is 37.6 Å². The Morgan fingerprint density at radius 1 is 0.846 bits per heavy atom. The summed E-state index contributed by atoms with van der Waals surface area (Å²) in [5, 5.41) is 17.7. The Kier molecular flexibility index (Phi) is 4.39. The maximum atomic E-state index is 8.84. The van der Waals surface area contributed by atoms with Crippen LogP contribution in [0.1, 0.15) is 6.42 Å².